The highest BCUT2D eigenvalue weighted by Gasteiger charge is 2.16. The molecule has 1 aliphatic rings. The molecule has 1 saturated carbocycles. The first-order chi connectivity index (χ1) is 5.33. The van der Waals surface area contributed by atoms with Crippen LogP contribution < -0.4 is 0 Å². The van der Waals surface area contributed by atoms with Gasteiger partial charge in [-0.3, -0.25) is 4.79 Å². The third-order valence-electron chi connectivity index (χ3n) is 1.78. The maximum atomic E-state index is 10.6. The molecule has 0 amide bonds. The zero-order chi connectivity index (χ0) is 8.69. The summed E-state index contributed by atoms with van der Waals surface area (Å²) >= 11 is 0. The lowest BCUT2D eigenvalue weighted by Crippen LogP contribution is -2.14. The lowest BCUT2D eigenvalue weighted by molar-refractivity contribution is -0.122. The smallest absolute Gasteiger partial charge is 0.132 e. The van der Waals surface area contributed by atoms with Gasteiger partial charge in [0.1, 0.15) is 12.1 Å². The number of hydrogen-bond acceptors (Lipinski definition) is 3. The molecule has 1 N–H and O–H groups in total. The van der Waals surface area contributed by atoms with E-state index >= 15 is 0 Å². The van der Waals surface area contributed by atoms with Crippen molar-refractivity contribution in [2.24, 2.45) is 5.92 Å². The molecule has 0 spiro atoms. The number of ketones is 1. The third kappa shape index (κ3) is 3.88. The van der Waals surface area contributed by atoms with E-state index in [0.29, 0.717) is 18.6 Å². The normalized spacial score (nSPS) is 18.5. The second kappa shape index (κ2) is 6.04. The van der Waals surface area contributed by atoms with Crippen molar-refractivity contribution >= 4 is 12.1 Å². The van der Waals surface area contributed by atoms with E-state index in [1.807, 2.05) is 0 Å². The lowest BCUT2D eigenvalue weighted by atomic mass is 9.90. The van der Waals surface area contributed by atoms with E-state index < -0.39 is 0 Å². The summed E-state index contributed by atoms with van der Waals surface area (Å²) in [4.78, 5) is 20.8. The summed E-state index contributed by atoms with van der Waals surface area (Å²) in [5.74, 6) is 0.482. The number of aliphatic hydroxyl groups excluding tert-OH is 1. The standard InChI is InChI=1S/C7H10O2.CH4O/c8-5-6-1-3-7(9)4-2-6;1-2/h5-6H,1-4H2;2H,1H3. The summed E-state index contributed by atoms with van der Waals surface area (Å²) in [6.07, 6.45) is 3.75. The van der Waals surface area contributed by atoms with E-state index in [9.17, 15) is 9.59 Å². The van der Waals surface area contributed by atoms with Crippen molar-refractivity contribution in [1.82, 2.24) is 0 Å². The Balaban J connectivity index is 0.000000461. The van der Waals surface area contributed by atoms with Crippen LogP contribution in [-0.4, -0.2) is 24.3 Å². The first-order valence-electron chi connectivity index (χ1n) is 3.74. The molecule has 0 aromatic heterocycles. The summed E-state index contributed by atoms with van der Waals surface area (Å²) in [6, 6.07) is 0. The van der Waals surface area contributed by atoms with E-state index in [4.69, 9.17) is 5.11 Å². The lowest BCUT2D eigenvalue weighted by Gasteiger charge is -2.13. The molecule has 0 bridgehead atoms. The van der Waals surface area contributed by atoms with Crippen molar-refractivity contribution in [3.8, 4) is 0 Å². The van der Waals surface area contributed by atoms with Gasteiger partial charge in [-0.2, -0.15) is 0 Å². The van der Waals surface area contributed by atoms with Crippen LogP contribution in [-0.2, 0) is 9.59 Å². The molecule has 0 aromatic rings. The van der Waals surface area contributed by atoms with Crippen molar-refractivity contribution in [3.63, 3.8) is 0 Å². The Morgan fingerprint density at radius 3 is 2.18 bits per heavy atom. The third-order valence-corrected chi connectivity index (χ3v) is 1.78. The Hall–Kier alpha value is -0.700. The van der Waals surface area contributed by atoms with Gasteiger partial charge in [0, 0.05) is 25.9 Å². The van der Waals surface area contributed by atoms with Crippen molar-refractivity contribution in [2.75, 3.05) is 7.11 Å². The molecule has 0 aromatic carbocycles. The van der Waals surface area contributed by atoms with Crippen LogP contribution in [0.2, 0.25) is 0 Å². The minimum absolute atomic E-state index is 0.169. The number of aldehydes is 1. The predicted molar refractivity (Wildman–Crippen MR) is 41.2 cm³/mol. The molecule has 0 aliphatic heterocycles. The fourth-order valence-electron chi connectivity index (χ4n) is 1.10. The Kier molecular flexibility index (Phi) is 5.65. The molecule has 0 heterocycles. The quantitative estimate of drug-likeness (QED) is 0.567. The molecule has 3 nitrogen and oxygen atoms in total. The van der Waals surface area contributed by atoms with Crippen LogP contribution in [0.4, 0.5) is 0 Å². The molecule has 0 unspecified atom stereocenters. The molecular formula is C8H14O3. The van der Waals surface area contributed by atoms with Crippen LogP contribution in [0, 0.1) is 5.92 Å². The van der Waals surface area contributed by atoms with Crippen LogP contribution >= 0.6 is 0 Å². The van der Waals surface area contributed by atoms with Crippen molar-refractivity contribution < 1.29 is 14.7 Å². The number of carbonyl (C=O) groups is 2. The van der Waals surface area contributed by atoms with Gasteiger partial charge in [0.05, 0.1) is 0 Å². The topological polar surface area (TPSA) is 54.4 Å². The summed E-state index contributed by atoms with van der Waals surface area (Å²) in [5, 5.41) is 7.00. The van der Waals surface area contributed by atoms with Crippen molar-refractivity contribution in [1.29, 1.82) is 0 Å². The molecule has 0 saturated heterocycles. The molecule has 11 heavy (non-hydrogen) atoms. The fourth-order valence-corrected chi connectivity index (χ4v) is 1.10. The number of carbonyl (C=O) groups excluding carboxylic acids is 2. The summed E-state index contributed by atoms with van der Waals surface area (Å²) in [6.45, 7) is 0. The van der Waals surface area contributed by atoms with Crippen molar-refractivity contribution in [2.45, 2.75) is 25.7 Å². The molecule has 3 heteroatoms. The number of aliphatic hydroxyl groups is 1. The average molecular weight is 158 g/mol. The minimum atomic E-state index is 0.169. The molecule has 1 rings (SSSR count). The largest absolute Gasteiger partial charge is 0.400 e. The summed E-state index contributed by atoms with van der Waals surface area (Å²) in [5.41, 5.74) is 0. The zero-order valence-electron chi connectivity index (χ0n) is 6.75. The highest BCUT2D eigenvalue weighted by Crippen LogP contribution is 2.18. The SMILES string of the molecule is CO.O=CC1CCC(=O)CC1. The van der Waals surface area contributed by atoms with Gasteiger partial charge >= 0.3 is 0 Å². The second-order valence-electron chi connectivity index (χ2n) is 2.51. The minimum Gasteiger partial charge on any atom is -0.400 e. The average Bonchev–Trinajstić information content (AvgIpc) is 2.10. The molecule has 0 atom stereocenters. The van der Waals surface area contributed by atoms with Gasteiger partial charge in [0.15, 0.2) is 0 Å². The molecule has 1 aliphatic carbocycles. The molecule has 0 radical (unpaired) electrons. The van der Waals surface area contributed by atoms with Gasteiger partial charge in [-0.25, -0.2) is 0 Å². The van der Waals surface area contributed by atoms with E-state index in [1.54, 1.807) is 0 Å². The monoisotopic (exact) mass is 158 g/mol. The Morgan fingerprint density at radius 1 is 1.36 bits per heavy atom. The highest BCUT2D eigenvalue weighted by molar-refractivity contribution is 5.80. The number of hydrogen-bond donors (Lipinski definition) is 1. The van der Waals surface area contributed by atoms with Crippen LogP contribution in [0.3, 0.4) is 0 Å². The maximum absolute atomic E-state index is 10.6. The zero-order valence-corrected chi connectivity index (χ0v) is 6.75. The van der Waals surface area contributed by atoms with E-state index in [2.05, 4.69) is 0 Å². The van der Waals surface area contributed by atoms with Crippen LogP contribution in [0.5, 0.6) is 0 Å². The Morgan fingerprint density at radius 2 is 1.82 bits per heavy atom. The van der Waals surface area contributed by atoms with Crippen LogP contribution in [0.1, 0.15) is 25.7 Å². The van der Waals surface area contributed by atoms with Gasteiger partial charge in [-0.05, 0) is 12.8 Å². The van der Waals surface area contributed by atoms with E-state index in [-0.39, 0.29) is 5.92 Å². The first kappa shape index (κ1) is 10.3. The van der Waals surface area contributed by atoms with E-state index in [0.717, 1.165) is 26.2 Å². The second-order valence-corrected chi connectivity index (χ2v) is 2.51. The number of rotatable bonds is 1. The Labute approximate surface area is 66.4 Å². The van der Waals surface area contributed by atoms with Gasteiger partial charge in [0.2, 0.25) is 0 Å². The first-order valence-corrected chi connectivity index (χ1v) is 3.74. The van der Waals surface area contributed by atoms with E-state index in [1.165, 1.54) is 0 Å². The highest BCUT2D eigenvalue weighted by atomic mass is 16.2. The molecule has 1 fully saturated rings. The fraction of sp³-hybridized carbons (Fsp3) is 0.750. The van der Waals surface area contributed by atoms with Crippen molar-refractivity contribution in [3.05, 3.63) is 0 Å². The Bertz CT molecular complexity index is 121. The molecular weight excluding hydrogens is 144 g/mol. The van der Waals surface area contributed by atoms with Crippen LogP contribution in [0.25, 0.3) is 0 Å². The maximum Gasteiger partial charge on any atom is 0.132 e. The molecule has 64 valence electrons. The van der Waals surface area contributed by atoms with Crippen LogP contribution in [0.15, 0.2) is 0 Å². The predicted octanol–water partition coefficient (Wildman–Crippen LogP) is 0.553. The van der Waals surface area contributed by atoms with Gasteiger partial charge in [-0.1, -0.05) is 0 Å². The van der Waals surface area contributed by atoms with Gasteiger partial charge in [0.25, 0.3) is 0 Å². The van der Waals surface area contributed by atoms with Gasteiger partial charge in [-0.15, -0.1) is 0 Å². The van der Waals surface area contributed by atoms with Gasteiger partial charge < -0.3 is 9.90 Å². The number of Topliss-reactive ketones (excluding diaryl/α,β-unsaturated/α-hetero) is 1. The summed E-state index contributed by atoms with van der Waals surface area (Å²) < 4.78 is 0. The summed E-state index contributed by atoms with van der Waals surface area (Å²) in [7, 11) is 1.00.